The van der Waals surface area contributed by atoms with Crippen LogP contribution in [0.2, 0.25) is 5.02 Å². The molecule has 0 saturated carbocycles. The number of rotatable bonds is 5. The minimum atomic E-state index is -3.54. The monoisotopic (exact) mass is 387 g/mol. The molecule has 0 amide bonds. The maximum Gasteiger partial charge on any atom is 0.240 e. The molecule has 2 rings (SSSR count). The van der Waals surface area contributed by atoms with Gasteiger partial charge in [-0.3, -0.25) is 0 Å². The zero-order chi connectivity index (χ0) is 15.5. The van der Waals surface area contributed by atoms with Gasteiger partial charge < -0.3 is 0 Å². The summed E-state index contributed by atoms with van der Waals surface area (Å²) in [7, 11) is -3.54. The molecule has 0 saturated heterocycles. The maximum absolute atomic E-state index is 12.3. The van der Waals surface area contributed by atoms with E-state index in [1.807, 2.05) is 24.3 Å². The largest absolute Gasteiger partial charge is 0.240 e. The molecule has 0 heterocycles. The highest BCUT2D eigenvalue weighted by molar-refractivity contribution is 9.10. The molecule has 0 aromatic heterocycles. The number of benzene rings is 2. The maximum atomic E-state index is 12.3. The Morgan fingerprint density at radius 3 is 2.62 bits per heavy atom. The van der Waals surface area contributed by atoms with Crippen molar-refractivity contribution in [2.45, 2.75) is 18.2 Å². The predicted molar refractivity (Wildman–Crippen MR) is 89.2 cm³/mol. The SMILES string of the molecule is Cc1c(Cl)cccc1S(=O)(=O)NCCc1cccc(Br)c1. The van der Waals surface area contributed by atoms with Gasteiger partial charge in [-0.2, -0.15) is 0 Å². The van der Waals surface area contributed by atoms with E-state index in [0.717, 1.165) is 10.0 Å². The van der Waals surface area contributed by atoms with E-state index in [0.29, 0.717) is 23.6 Å². The standard InChI is InChI=1S/C15H15BrClNO2S/c1-11-14(17)6-3-7-15(11)21(19,20)18-9-8-12-4-2-5-13(16)10-12/h2-7,10,18H,8-9H2,1H3. The molecular weight excluding hydrogens is 374 g/mol. The first kappa shape index (κ1) is 16.5. The molecule has 6 heteroatoms. The average Bonchev–Trinajstić information content (AvgIpc) is 2.41. The number of halogens is 2. The van der Waals surface area contributed by atoms with Gasteiger partial charge in [-0.1, -0.05) is 45.7 Å². The summed E-state index contributed by atoms with van der Waals surface area (Å²) in [4.78, 5) is 0.226. The number of hydrogen-bond acceptors (Lipinski definition) is 2. The number of sulfonamides is 1. The van der Waals surface area contributed by atoms with Gasteiger partial charge >= 0.3 is 0 Å². The van der Waals surface area contributed by atoms with Gasteiger partial charge in [0.2, 0.25) is 10.0 Å². The van der Waals surface area contributed by atoms with E-state index in [1.165, 1.54) is 0 Å². The lowest BCUT2D eigenvalue weighted by atomic mass is 10.2. The van der Waals surface area contributed by atoms with E-state index in [9.17, 15) is 8.42 Å². The lowest BCUT2D eigenvalue weighted by Crippen LogP contribution is -2.26. The van der Waals surface area contributed by atoms with Gasteiger partial charge in [-0.25, -0.2) is 13.1 Å². The van der Waals surface area contributed by atoms with Gasteiger partial charge in [0.05, 0.1) is 4.90 Å². The van der Waals surface area contributed by atoms with Crippen LogP contribution in [0.4, 0.5) is 0 Å². The lowest BCUT2D eigenvalue weighted by molar-refractivity contribution is 0.581. The summed E-state index contributed by atoms with van der Waals surface area (Å²) in [5.74, 6) is 0. The Balaban J connectivity index is 2.07. The zero-order valence-electron chi connectivity index (χ0n) is 11.4. The highest BCUT2D eigenvalue weighted by Gasteiger charge is 2.17. The van der Waals surface area contributed by atoms with Crippen LogP contribution >= 0.6 is 27.5 Å². The summed E-state index contributed by atoms with van der Waals surface area (Å²) in [6.07, 6.45) is 0.623. The van der Waals surface area contributed by atoms with Crippen LogP contribution in [0.15, 0.2) is 51.8 Å². The van der Waals surface area contributed by atoms with E-state index >= 15 is 0 Å². The third kappa shape index (κ3) is 4.30. The molecule has 112 valence electrons. The zero-order valence-corrected chi connectivity index (χ0v) is 14.6. The number of nitrogens with one attached hydrogen (secondary N) is 1. The fourth-order valence-electron chi connectivity index (χ4n) is 1.98. The van der Waals surface area contributed by atoms with Crippen molar-refractivity contribution in [3.8, 4) is 0 Å². The van der Waals surface area contributed by atoms with Gasteiger partial charge in [0.25, 0.3) is 0 Å². The van der Waals surface area contributed by atoms with Gasteiger partial charge in [0, 0.05) is 16.0 Å². The molecule has 3 nitrogen and oxygen atoms in total. The molecule has 21 heavy (non-hydrogen) atoms. The molecule has 0 aliphatic heterocycles. The van der Waals surface area contributed by atoms with Crippen molar-refractivity contribution in [1.29, 1.82) is 0 Å². The quantitative estimate of drug-likeness (QED) is 0.843. The molecule has 0 bridgehead atoms. The summed E-state index contributed by atoms with van der Waals surface area (Å²) in [5, 5.41) is 0.449. The Hall–Kier alpha value is -0.880. The first-order valence-electron chi connectivity index (χ1n) is 6.39. The Labute approximate surface area is 138 Å². The van der Waals surface area contributed by atoms with Crippen LogP contribution in [0.5, 0.6) is 0 Å². The molecular formula is C15H15BrClNO2S. The van der Waals surface area contributed by atoms with Crippen LogP contribution in [0.25, 0.3) is 0 Å². The van der Waals surface area contributed by atoms with Crippen molar-refractivity contribution in [1.82, 2.24) is 4.72 Å². The highest BCUT2D eigenvalue weighted by Crippen LogP contribution is 2.22. The fourth-order valence-corrected chi connectivity index (χ4v) is 3.95. The van der Waals surface area contributed by atoms with Crippen LogP contribution in [0, 0.1) is 6.92 Å². The third-order valence-corrected chi connectivity index (χ3v) is 5.61. The topological polar surface area (TPSA) is 46.2 Å². The summed E-state index contributed by atoms with van der Waals surface area (Å²) in [6.45, 7) is 2.04. The van der Waals surface area contributed by atoms with Crippen molar-refractivity contribution in [3.63, 3.8) is 0 Å². The fraction of sp³-hybridized carbons (Fsp3) is 0.200. The Bertz CT molecular complexity index is 747. The molecule has 0 radical (unpaired) electrons. The molecule has 0 unspecified atom stereocenters. The molecule has 2 aromatic rings. The Morgan fingerprint density at radius 2 is 1.90 bits per heavy atom. The normalized spacial score (nSPS) is 11.6. The highest BCUT2D eigenvalue weighted by atomic mass is 79.9. The van der Waals surface area contributed by atoms with Crippen LogP contribution in [0.1, 0.15) is 11.1 Å². The van der Waals surface area contributed by atoms with Crippen molar-refractivity contribution in [3.05, 3.63) is 63.1 Å². The minimum Gasteiger partial charge on any atom is -0.211 e. The first-order valence-corrected chi connectivity index (χ1v) is 9.05. The van der Waals surface area contributed by atoms with E-state index < -0.39 is 10.0 Å². The second-order valence-corrected chi connectivity index (χ2v) is 7.70. The van der Waals surface area contributed by atoms with E-state index in [-0.39, 0.29) is 4.90 Å². The molecule has 2 aromatic carbocycles. The molecule has 0 fully saturated rings. The lowest BCUT2D eigenvalue weighted by Gasteiger charge is -2.10. The first-order chi connectivity index (χ1) is 9.90. The van der Waals surface area contributed by atoms with Crippen molar-refractivity contribution >= 4 is 37.6 Å². The summed E-state index contributed by atoms with van der Waals surface area (Å²) in [5.41, 5.74) is 1.63. The molecule has 0 atom stereocenters. The third-order valence-electron chi connectivity index (χ3n) is 3.10. The van der Waals surface area contributed by atoms with E-state index in [2.05, 4.69) is 20.7 Å². The smallest absolute Gasteiger partial charge is 0.211 e. The second-order valence-electron chi connectivity index (χ2n) is 4.64. The van der Waals surface area contributed by atoms with Crippen LogP contribution < -0.4 is 4.72 Å². The Morgan fingerprint density at radius 1 is 1.19 bits per heavy atom. The minimum absolute atomic E-state index is 0.226. The summed E-state index contributed by atoms with van der Waals surface area (Å²) < 4.78 is 28.2. The van der Waals surface area contributed by atoms with Gasteiger partial charge in [0.1, 0.15) is 0 Å². The van der Waals surface area contributed by atoms with E-state index in [1.54, 1.807) is 25.1 Å². The van der Waals surface area contributed by atoms with Crippen molar-refractivity contribution < 1.29 is 8.42 Å². The average molecular weight is 389 g/mol. The molecule has 0 aliphatic rings. The number of hydrogen-bond donors (Lipinski definition) is 1. The second kappa shape index (κ2) is 6.92. The summed E-state index contributed by atoms with van der Waals surface area (Å²) >= 11 is 9.36. The molecule has 1 N–H and O–H groups in total. The van der Waals surface area contributed by atoms with Crippen molar-refractivity contribution in [2.24, 2.45) is 0 Å². The molecule has 0 spiro atoms. The predicted octanol–water partition coefficient (Wildman–Crippen LogP) is 3.93. The Kier molecular flexibility index (Phi) is 5.43. The van der Waals surface area contributed by atoms with E-state index in [4.69, 9.17) is 11.6 Å². The van der Waals surface area contributed by atoms with Crippen LogP contribution in [-0.4, -0.2) is 15.0 Å². The van der Waals surface area contributed by atoms with Gasteiger partial charge in [0.15, 0.2) is 0 Å². The van der Waals surface area contributed by atoms with Gasteiger partial charge in [-0.15, -0.1) is 0 Å². The molecule has 0 aliphatic carbocycles. The van der Waals surface area contributed by atoms with Crippen LogP contribution in [0.3, 0.4) is 0 Å². The van der Waals surface area contributed by atoms with Crippen LogP contribution in [-0.2, 0) is 16.4 Å². The van der Waals surface area contributed by atoms with Crippen molar-refractivity contribution in [2.75, 3.05) is 6.54 Å². The van der Waals surface area contributed by atoms with Gasteiger partial charge in [-0.05, 0) is 48.7 Å². The summed E-state index contributed by atoms with van der Waals surface area (Å²) in [6, 6.07) is 12.7.